The lowest BCUT2D eigenvalue weighted by Gasteiger charge is -2.30. The van der Waals surface area contributed by atoms with E-state index in [1.165, 1.54) is 12.3 Å². The lowest BCUT2D eigenvalue weighted by molar-refractivity contribution is -0.385. The first-order valence-electron chi connectivity index (χ1n) is 8.42. The molecule has 1 aromatic heterocycles. The number of hydrogen-bond acceptors (Lipinski definition) is 6. The number of anilines is 1. The van der Waals surface area contributed by atoms with Crippen molar-refractivity contribution in [3.8, 4) is 0 Å². The second-order valence-corrected chi connectivity index (χ2v) is 6.65. The highest BCUT2D eigenvalue weighted by Gasteiger charge is 2.32. The molecule has 0 saturated carbocycles. The molecule has 8 nitrogen and oxygen atoms in total. The summed E-state index contributed by atoms with van der Waals surface area (Å²) >= 11 is 0. The molecule has 1 aromatic rings. The van der Waals surface area contributed by atoms with Crippen LogP contribution in [0.5, 0.6) is 0 Å². The molecule has 1 unspecified atom stereocenters. The maximum Gasteiger partial charge on any atom is 0.287 e. The number of hydrogen-bond donors (Lipinski definition) is 2. The molecule has 0 aromatic carbocycles. The highest BCUT2D eigenvalue weighted by atomic mass is 16.6. The van der Waals surface area contributed by atoms with Crippen LogP contribution in [0, 0.1) is 16.0 Å². The molecular formula is C16H23N5O3. The predicted octanol–water partition coefficient (Wildman–Crippen LogP) is 1.39. The first-order chi connectivity index (χ1) is 11.5. The van der Waals surface area contributed by atoms with Gasteiger partial charge >= 0.3 is 0 Å². The average Bonchev–Trinajstić information content (AvgIpc) is 3.03. The lowest BCUT2D eigenvalue weighted by Crippen LogP contribution is -2.44. The Bertz CT molecular complexity index is 606. The second-order valence-electron chi connectivity index (χ2n) is 6.65. The van der Waals surface area contributed by atoms with Crippen LogP contribution in [0.3, 0.4) is 0 Å². The Labute approximate surface area is 140 Å². The van der Waals surface area contributed by atoms with Gasteiger partial charge in [0.2, 0.25) is 5.91 Å². The summed E-state index contributed by atoms with van der Waals surface area (Å²) in [4.78, 5) is 28.8. The van der Waals surface area contributed by atoms with E-state index in [1.54, 1.807) is 6.07 Å². The fraction of sp³-hybridized carbons (Fsp3) is 0.625. The van der Waals surface area contributed by atoms with Crippen molar-refractivity contribution in [3.05, 3.63) is 28.4 Å². The van der Waals surface area contributed by atoms with E-state index in [-0.39, 0.29) is 23.6 Å². The summed E-state index contributed by atoms with van der Waals surface area (Å²) < 4.78 is 0. The van der Waals surface area contributed by atoms with Gasteiger partial charge in [0.15, 0.2) is 0 Å². The molecule has 0 spiro atoms. The smallest absolute Gasteiger partial charge is 0.287 e. The molecule has 2 N–H and O–H groups in total. The summed E-state index contributed by atoms with van der Waals surface area (Å²) in [6.07, 6.45) is 3.92. The van der Waals surface area contributed by atoms with Crippen LogP contribution < -0.4 is 10.6 Å². The van der Waals surface area contributed by atoms with Gasteiger partial charge in [-0.3, -0.25) is 14.9 Å². The van der Waals surface area contributed by atoms with E-state index in [0.29, 0.717) is 18.4 Å². The molecule has 3 rings (SSSR count). The van der Waals surface area contributed by atoms with Gasteiger partial charge in [-0.05, 0) is 38.8 Å². The third-order valence-electron chi connectivity index (χ3n) is 4.78. The fourth-order valence-electron chi connectivity index (χ4n) is 3.48. The van der Waals surface area contributed by atoms with Crippen LogP contribution in [0.1, 0.15) is 26.2 Å². The van der Waals surface area contributed by atoms with Crippen molar-refractivity contribution in [3.63, 3.8) is 0 Å². The van der Waals surface area contributed by atoms with Gasteiger partial charge in [0.05, 0.1) is 4.92 Å². The highest BCUT2D eigenvalue weighted by molar-refractivity contribution is 5.79. The fourth-order valence-corrected chi connectivity index (χ4v) is 3.48. The normalized spacial score (nSPS) is 27.0. The van der Waals surface area contributed by atoms with Crippen LogP contribution >= 0.6 is 0 Å². The largest absolute Gasteiger partial charge is 0.365 e. The van der Waals surface area contributed by atoms with Gasteiger partial charge in [-0.1, -0.05) is 0 Å². The Morgan fingerprint density at radius 1 is 1.46 bits per heavy atom. The minimum absolute atomic E-state index is 0.0243. The van der Waals surface area contributed by atoms with Crippen molar-refractivity contribution in [2.45, 2.75) is 38.3 Å². The average molecular weight is 333 g/mol. The maximum atomic E-state index is 12.6. The van der Waals surface area contributed by atoms with Crippen LogP contribution in [-0.2, 0) is 4.79 Å². The molecule has 0 radical (unpaired) electrons. The number of nitro groups is 1. The summed E-state index contributed by atoms with van der Waals surface area (Å²) in [5.41, 5.74) is -0.0243. The number of carbonyl (C=O) groups is 1. The third-order valence-corrected chi connectivity index (χ3v) is 4.78. The predicted molar refractivity (Wildman–Crippen MR) is 89.7 cm³/mol. The Morgan fingerprint density at radius 3 is 2.96 bits per heavy atom. The summed E-state index contributed by atoms with van der Waals surface area (Å²) in [6, 6.07) is 3.58. The molecule has 24 heavy (non-hydrogen) atoms. The number of nitrogens with zero attached hydrogens (tertiary/aromatic N) is 3. The quantitative estimate of drug-likeness (QED) is 0.638. The maximum absolute atomic E-state index is 12.6. The Balaban J connectivity index is 1.53. The standard InChI is InChI=1S/C16H23N5O3/c1-11-8-12(4-6-17-11)16(22)20-7-5-13(10-20)19-15-3-2-14(9-18-15)21(23)24/h2-3,9,11-13,17H,4-8,10H2,1H3,(H,18,19)/t11-,12-,13?/m0/s1. The number of rotatable bonds is 4. The molecule has 3 heterocycles. The SMILES string of the molecule is C[C@H]1C[C@@H](C(=O)N2CCC(Nc3ccc([N+](=O)[O-])cn3)C2)CCN1. The molecule has 2 fully saturated rings. The monoisotopic (exact) mass is 333 g/mol. The summed E-state index contributed by atoms with van der Waals surface area (Å²) in [6.45, 7) is 4.44. The van der Waals surface area contributed by atoms with Crippen LogP contribution in [-0.4, -0.2) is 52.4 Å². The lowest BCUT2D eigenvalue weighted by atomic mass is 9.92. The number of nitrogens with one attached hydrogen (secondary N) is 2. The van der Waals surface area contributed by atoms with Gasteiger partial charge in [0.1, 0.15) is 12.0 Å². The van der Waals surface area contributed by atoms with E-state index >= 15 is 0 Å². The highest BCUT2D eigenvalue weighted by Crippen LogP contribution is 2.23. The van der Waals surface area contributed by atoms with Gasteiger partial charge in [-0.2, -0.15) is 0 Å². The van der Waals surface area contributed by atoms with Gasteiger partial charge in [-0.25, -0.2) is 4.98 Å². The Morgan fingerprint density at radius 2 is 2.29 bits per heavy atom. The third kappa shape index (κ3) is 3.81. The summed E-state index contributed by atoms with van der Waals surface area (Å²) in [5, 5.41) is 17.3. The number of aromatic nitrogens is 1. The van der Waals surface area contributed by atoms with Crippen LogP contribution in [0.4, 0.5) is 11.5 Å². The van der Waals surface area contributed by atoms with Gasteiger partial charge in [0.25, 0.3) is 5.69 Å². The number of piperidine rings is 1. The van der Waals surface area contributed by atoms with E-state index < -0.39 is 4.92 Å². The molecule has 1 amide bonds. The molecular weight excluding hydrogens is 310 g/mol. The van der Waals surface area contributed by atoms with Crippen LogP contribution in [0.15, 0.2) is 18.3 Å². The summed E-state index contributed by atoms with van der Waals surface area (Å²) in [7, 11) is 0. The van der Waals surface area contributed by atoms with E-state index in [0.717, 1.165) is 32.4 Å². The molecule has 8 heteroatoms. The molecule has 3 atom stereocenters. The van der Waals surface area contributed by atoms with Gasteiger partial charge in [0, 0.05) is 37.2 Å². The minimum Gasteiger partial charge on any atom is -0.365 e. The molecule has 2 aliphatic heterocycles. The topological polar surface area (TPSA) is 100 Å². The zero-order chi connectivity index (χ0) is 17.1. The van der Waals surface area contributed by atoms with E-state index in [9.17, 15) is 14.9 Å². The molecule has 2 aliphatic rings. The Hall–Kier alpha value is -2.22. The minimum atomic E-state index is -0.466. The number of amides is 1. The van der Waals surface area contributed by atoms with Crippen LogP contribution in [0.2, 0.25) is 0 Å². The van der Waals surface area contributed by atoms with Gasteiger partial charge < -0.3 is 15.5 Å². The second kappa shape index (κ2) is 7.12. The van der Waals surface area contributed by atoms with E-state index in [1.807, 2.05) is 4.90 Å². The first kappa shape index (κ1) is 16.6. The van der Waals surface area contributed by atoms with Crippen molar-refractivity contribution in [2.75, 3.05) is 25.0 Å². The van der Waals surface area contributed by atoms with E-state index in [2.05, 4.69) is 22.5 Å². The van der Waals surface area contributed by atoms with Crippen molar-refractivity contribution in [1.29, 1.82) is 0 Å². The van der Waals surface area contributed by atoms with Crippen molar-refractivity contribution >= 4 is 17.4 Å². The summed E-state index contributed by atoms with van der Waals surface area (Å²) in [5.74, 6) is 0.984. The number of carbonyl (C=O) groups excluding carboxylic acids is 1. The van der Waals surface area contributed by atoms with Crippen molar-refractivity contribution in [2.24, 2.45) is 5.92 Å². The van der Waals surface area contributed by atoms with Crippen molar-refractivity contribution in [1.82, 2.24) is 15.2 Å². The van der Waals surface area contributed by atoms with Crippen molar-refractivity contribution < 1.29 is 9.72 Å². The van der Waals surface area contributed by atoms with Crippen LogP contribution in [0.25, 0.3) is 0 Å². The van der Waals surface area contributed by atoms with Gasteiger partial charge in [-0.15, -0.1) is 0 Å². The molecule has 130 valence electrons. The molecule has 2 saturated heterocycles. The molecule has 0 bridgehead atoms. The first-order valence-corrected chi connectivity index (χ1v) is 8.42. The number of pyridine rings is 1. The molecule has 0 aliphatic carbocycles. The zero-order valence-electron chi connectivity index (χ0n) is 13.8. The Kier molecular flexibility index (Phi) is 4.94. The van der Waals surface area contributed by atoms with E-state index in [4.69, 9.17) is 0 Å². The number of likely N-dealkylation sites (tertiary alicyclic amines) is 1. The zero-order valence-corrected chi connectivity index (χ0v) is 13.8.